The topological polar surface area (TPSA) is 94.8 Å². The molecule has 0 aliphatic rings. The summed E-state index contributed by atoms with van der Waals surface area (Å²) in [6.45, 7) is 1.58. The molecule has 8 heteroatoms. The van der Waals surface area contributed by atoms with E-state index in [4.69, 9.17) is 5.53 Å². The van der Waals surface area contributed by atoms with E-state index in [1.807, 2.05) is 0 Å². The third kappa shape index (κ3) is 3.03. The number of anilines is 1. The van der Waals surface area contributed by atoms with Crippen molar-refractivity contribution in [2.45, 2.75) is 6.92 Å². The van der Waals surface area contributed by atoms with Gasteiger partial charge in [0.2, 0.25) is 0 Å². The van der Waals surface area contributed by atoms with Crippen molar-refractivity contribution in [2.24, 2.45) is 5.22 Å². The van der Waals surface area contributed by atoms with E-state index >= 15 is 0 Å². The van der Waals surface area contributed by atoms with Crippen LogP contribution in [-0.2, 0) is 4.74 Å². The summed E-state index contributed by atoms with van der Waals surface area (Å²) in [7, 11) is 2.37. The molecule has 7 nitrogen and oxygen atoms in total. The van der Waals surface area contributed by atoms with Crippen molar-refractivity contribution in [1.29, 1.82) is 5.53 Å². The molecule has 0 heterocycles. The van der Waals surface area contributed by atoms with Gasteiger partial charge in [-0.2, -0.15) is 10.5 Å². The van der Waals surface area contributed by atoms with Crippen LogP contribution in [0.1, 0.15) is 15.9 Å². The fourth-order valence-corrected chi connectivity index (χ4v) is 1.40. The number of methoxy groups -OCH3 is 1. The van der Waals surface area contributed by atoms with Crippen LogP contribution in [0.25, 0.3) is 0 Å². The number of nitrogens with zero attached hydrogens (tertiary/aromatic N) is 2. The number of carbonyl (C=O) groups is 2. The number of amides is 2. The molecular formula is C11H13FN4O3. The van der Waals surface area contributed by atoms with Gasteiger partial charge in [-0.25, -0.2) is 14.0 Å². The van der Waals surface area contributed by atoms with Crippen LogP contribution in [-0.4, -0.2) is 31.2 Å². The molecule has 0 bridgehead atoms. The number of hydrogen-bond acceptors (Lipinski definition) is 5. The zero-order valence-electron chi connectivity index (χ0n) is 10.7. The maximum atomic E-state index is 13.7. The Kier molecular flexibility index (Phi) is 4.51. The number of aryl methyl sites for hydroxylation is 1. The van der Waals surface area contributed by atoms with Crippen LogP contribution >= 0.6 is 0 Å². The van der Waals surface area contributed by atoms with Crippen molar-refractivity contribution in [3.8, 4) is 0 Å². The Bertz CT molecular complexity index is 533. The Morgan fingerprint density at radius 2 is 2.11 bits per heavy atom. The predicted octanol–water partition coefficient (Wildman–Crippen LogP) is 2.33. The van der Waals surface area contributed by atoms with Gasteiger partial charge in [0.15, 0.2) is 0 Å². The summed E-state index contributed by atoms with van der Waals surface area (Å²) in [5.41, 5.74) is 6.76. The van der Waals surface area contributed by atoms with Crippen molar-refractivity contribution in [3.63, 3.8) is 0 Å². The quantitative estimate of drug-likeness (QED) is 0.500. The van der Waals surface area contributed by atoms with E-state index in [9.17, 15) is 14.0 Å². The Hall–Kier alpha value is -2.51. The second-order valence-electron chi connectivity index (χ2n) is 3.66. The van der Waals surface area contributed by atoms with Gasteiger partial charge in [-0.3, -0.25) is 0 Å². The molecule has 0 aliphatic carbocycles. The number of nitrogens with one attached hydrogen (secondary N) is 2. The number of benzene rings is 1. The van der Waals surface area contributed by atoms with Crippen molar-refractivity contribution in [1.82, 2.24) is 5.01 Å². The smallest absolute Gasteiger partial charge is 0.343 e. The highest BCUT2D eigenvalue weighted by molar-refractivity contribution is 6.02. The third-order valence-corrected chi connectivity index (χ3v) is 2.43. The van der Waals surface area contributed by atoms with E-state index in [0.29, 0.717) is 10.6 Å². The third-order valence-electron chi connectivity index (χ3n) is 2.43. The fourth-order valence-electron chi connectivity index (χ4n) is 1.40. The summed E-state index contributed by atoms with van der Waals surface area (Å²) >= 11 is 0. The lowest BCUT2D eigenvalue weighted by molar-refractivity contribution is 0.0600. The molecule has 0 aliphatic heterocycles. The zero-order chi connectivity index (χ0) is 14.6. The minimum atomic E-state index is -0.843. The van der Waals surface area contributed by atoms with E-state index in [1.165, 1.54) is 13.1 Å². The maximum Gasteiger partial charge on any atom is 0.343 e. The van der Waals surface area contributed by atoms with E-state index < -0.39 is 17.8 Å². The van der Waals surface area contributed by atoms with Gasteiger partial charge in [-0.05, 0) is 18.6 Å². The first kappa shape index (κ1) is 14.6. The van der Waals surface area contributed by atoms with Crippen molar-refractivity contribution in [2.75, 3.05) is 19.5 Å². The molecule has 2 N–H and O–H groups in total. The average molecular weight is 268 g/mol. The van der Waals surface area contributed by atoms with Gasteiger partial charge in [0.1, 0.15) is 5.82 Å². The zero-order valence-corrected chi connectivity index (χ0v) is 10.7. The van der Waals surface area contributed by atoms with E-state index in [-0.39, 0.29) is 11.3 Å². The minimum Gasteiger partial charge on any atom is -0.465 e. The molecule has 0 radical (unpaired) electrons. The van der Waals surface area contributed by atoms with Gasteiger partial charge >= 0.3 is 12.0 Å². The molecule has 0 aromatic heterocycles. The average Bonchev–Trinajstić information content (AvgIpc) is 2.41. The van der Waals surface area contributed by atoms with Crippen molar-refractivity contribution >= 4 is 17.7 Å². The number of urea groups is 1. The lowest BCUT2D eigenvalue weighted by Gasteiger charge is -2.15. The standard InChI is InChI=1S/C11H13FN4O3/c1-6-4-5-7(12)9(8(6)10(17)19-3)14-11(18)16(2)15-13/h4-5,13H,1-3H3,(H,14,18). The Morgan fingerprint density at radius 1 is 1.47 bits per heavy atom. The molecule has 0 saturated carbocycles. The Morgan fingerprint density at radius 3 is 2.63 bits per heavy atom. The molecule has 0 atom stereocenters. The van der Waals surface area contributed by atoms with Crippen LogP contribution < -0.4 is 5.32 Å². The lowest BCUT2D eigenvalue weighted by Crippen LogP contribution is -2.28. The highest BCUT2D eigenvalue weighted by Gasteiger charge is 2.21. The van der Waals surface area contributed by atoms with Crippen LogP contribution in [0.5, 0.6) is 0 Å². The van der Waals surface area contributed by atoms with Crippen LogP contribution in [0.15, 0.2) is 17.4 Å². The summed E-state index contributed by atoms with van der Waals surface area (Å²) in [4.78, 5) is 23.2. The first-order chi connectivity index (χ1) is 8.92. The molecular weight excluding hydrogens is 255 g/mol. The minimum absolute atomic E-state index is 0.0748. The van der Waals surface area contributed by atoms with Crippen molar-refractivity contribution in [3.05, 3.63) is 29.1 Å². The molecule has 19 heavy (non-hydrogen) atoms. The maximum absolute atomic E-state index is 13.7. The number of ether oxygens (including phenoxy) is 1. The normalized spacial score (nSPS) is 9.68. The lowest BCUT2D eigenvalue weighted by atomic mass is 10.1. The van der Waals surface area contributed by atoms with Gasteiger partial charge in [-0.1, -0.05) is 11.3 Å². The SMILES string of the molecule is COC(=O)c1c(C)ccc(F)c1NC(=O)N(C)N=N. The van der Waals surface area contributed by atoms with Crippen LogP contribution in [0.3, 0.4) is 0 Å². The second-order valence-corrected chi connectivity index (χ2v) is 3.66. The predicted molar refractivity (Wildman–Crippen MR) is 64.4 cm³/mol. The number of carbonyl (C=O) groups excluding carboxylic acids is 2. The Balaban J connectivity index is 3.25. The highest BCUT2D eigenvalue weighted by Crippen LogP contribution is 2.24. The summed E-state index contributed by atoms with van der Waals surface area (Å²) < 4.78 is 18.3. The number of rotatable bonds is 3. The number of esters is 1. The van der Waals surface area contributed by atoms with Crippen molar-refractivity contribution < 1.29 is 18.7 Å². The number of halogens is 1. The molecule has 1 rings (SSSR count). The monoisotopic (exact) mass is 268 g/mol. The van der Waals surface area contributed by atoms with Gasteiger partial charge in [0.05, 0.1) is 18.4 Å². The molecule has 1 aromatic rings. The molecule has 0 saturated heterocycles. The second kappa shape index (κ2) is 5.89. The van der Waals surface area contributed by atoms with Gasteiger partial charge in [0, 0.05) is 7.05 Å². The summed E-state index contributed by atoms with van der Waals surface area (Å²) in [6, 6.07) is 1.68. The Labute approximate surface area is 108 Å². The van der Waals surface area contributed by atoms with Gasteiger partial charge < -0.3 is 10.1 Å². The summed E-state index contributed by atoms with van der Waals surface area (Å²) in [5.74, 6) is -1.55. The van der Waals surface area contributed by atoms with Gasteiger partial charge in [-0.15, -0.1) is 0 Å². The van der Waals surface area contributed by atoms with Crippen LogP contribution in [0.4, 0.5) is 14.9 Å². The molecule has 0 spiro atoms. The molecule has 102 valence electrons. The van der Waals surface area contributed by atoms with Crippen LogP contribution in [0.2, 0.25) is 0 Å². The fraction of sp³-hybridized carbons (Fsp3) is 0.273. The van der Waals surface area contributed by atoms with E-state index in [1.54, 1.807) is 6.92 Å². The first-order valence-electron chi connectivity index (χ1n) is 5.21. The molecule has 0 unspecified atom stereocenters. The first-order valence-corrected chi connectivity index (χ1v) is 5.21. The summed E-state index contributed by atoms with van der Waals surface area (Å²) in [6.07, 6.45) is 0. The largest absolute Gasteiger partial charge is 0.465 e. The highest BCUT2D eigenvalue weighted by atomic mass is 19.1. The molecule has 1 aromatic carbocycles. The molecule has 2 amide bonds. The van der Waals surface area contributed by atoms with E-state index in [2.05, 4.69) is 15.3 Å². The van der Waals surface area contributed by atoms with E-state index in [0.717, 1.165) is 13.2 Å². The summed E-state index contributed by atoms with van der Waals surface area (Å²) in [5, 5.41) is 5.70. The van der Waals surface area contributed by atoms with Gasteiger partial charge in [0.25, 0.3) is 0 Å². The van der Waals surface area contributed by atoms with Crippen LogP contribution in [0, 0.1) is 18.3 Å². The molecule has 0 fully saturated rings. The number of hydrogen-bond donors (Lipinski definition) is 2.